The van der Waals surface area contributed by atoms with Gasteiger partial charge >= 0.3 is 5.97 Å². The molecule has 3 rings (SSSR count). The number of carbonyl (C=O) groups is 1. The van der Waals surface area contributed by atoms with Crippen LogP contribution in [0.1, 0.15) is 65.1 Å². The quantitative estimate of drug-likeness (QED) is 0.489. The summed E-state index contributed by atoms with van der Waals surface area (Å²) in [5, 5.41) is 10.3. The lowest BCUT2D eigenvalue weighted by Gasteiger charge is -2.01. The van der Waals surface area contributed by atoms with E-state index in [-0.39, 0.29) is 0 Å². The Morgan fingerprint density at radius 3 is 1.69 bits per heavy atom. The van der Waals surface area contributed by atoms with Gasteiger partial charge in [0.25, 0.3) is 0 Å². The minimum atomic E-state index is -0.866. The van der Waals surface area contributed by atoms with Gasteiger partial charge in [-0.25, -0.2) is 4.79 Å². The van der Waals surface area contributed by atoms with Crippen LogP contribution in [0.5, 0.6) is 0 Å². The highest BCUT2D eigenvalue weighted by Gasteiger charge is 2.18. The fraction of sp³-hybridized carbons (Fsp3) is 0.348. The number of benzene rings is 2. The van der Waals surface area contributed by atoms with Crippen LogP contribution in [-0.2, 0) is 0 Å². The Labute approximate surface area is 163 Å². The number of hydrogen-bond acceptors (Lipinski definition) is 2. The van der Waals surface area contributed by atoms with Crippen molar-refractivity contribution in [3.8, 4) is 11.1 Å². The monoisotopic (exact) mass is 374 g/mol. The topological polar surface area (TPSA) is 37.3 Å². The van der Waals surface area contributed by atoms with E-state index in [0.717, 1.165) is 21.2 Å². The minimum absolute atomic E-state index is 0.405. The number of hydrogen-bond donors (Lipinski definition) is 1. The zero-order chi connectivity index (χ0) is 20.5. The van der Waals surface area contributed by atoms with Gasteiger partial charge < -0.3 is 5.11 Å². The van der Waals surface area contributed by atoms with Gasteiger partial charge in [0.15, 0.2) is 0 Å². The third-order valence-electron chi connectivity index (χ3n) is 2.85. The molecule has 1 N–H and O–H groups in total. The minimum Gasteiger partial charge on any atom is -0.477 e. The number of carboxylic acid groups (broad SMARTS) is 1. The zero-order valence-corrected chi connectivity index (χ0v) is 18.3. The number of aromatic carboxylic acids is 1. The van der Waals surface area contributed by atoms with Crippen LogP contribution < -0.4 is 0 Å². The highest BCUT2D eigenvalue weighted by atomic mass is 32.1. The van der Waals surface area contributed by atoms with Crippen LogP contribution in [0.4, 0.5) is 0 Å². The van der Waals surface area contributed by atoms with E-state index in [1.165, 1.54) is 11.3 Å². The zero-order valence-electron chi connectivity index (χ0n) is 17.5. The van der Waals surface area contributed by atoms with Gasteiger partial charge in [-0.05, 0) is 11.6 Å². The fourth-order valence-electron chi connectivity index (χ4n) is 2.09. The number of fused-ring (bicyclic) bond motifs is 1. The summed E-state index contributed by atoms with van der Waals surface area (Å²) in [5.74, 6) is -0.866. The van der Waals surface area contributed by atoms with E-state index in [1.807, 2.05) is 110 Å². The first-order valence-electron chi connectivity index (χ1n) is 9.57. The molecular formula is C23H34O2S. The normalized spacial score (nSPS) is 8.31. The average molecular weight is 375 g/mol. The van der Waals surface area contributed by atoms with Crippen LogP contribution in [0.25, 0.3) is 21.2 Å². The number of carboxylic acids is 1. The van der Waals surface area contributed by atoms with Crippen LogP contribution in [0.15, 0.2) is 54.6 Å². The summed E-state index contributed by atoms with van der Waals surface area (Å²) in [6.45, 7) is 16.0. The maximum atomic E-state index is 11.4. The molecule has 0 saturated carbocycles. The molecule has 144 valence electrons. The van der Waals surface area contributed by atoms with Crippen LogP contribution in [-0.4, -0.2) is 11.1 Å². The van der Waals surface area contributed by atoms with Crippen molar-refractivity contribution >= 4 is 27.4 Å². The Kier molecular flexibility index (Phi) is 16.4. The second-order valence-electron chi connectivity index (χ2n) is 3.97. The molecular weight excluding hydrogens is 340 g/mol. The molecule has 0 aliphatic heterocycles. The SMILES string of the molecule is CC.CC.CC.CC.O=C(O)c1sc2ccccc2c1-c1ccccc1. The van der Waals surface area contributed by atoms with Gasteiger partial charge in [0.05, 0.1) is 0 Å². The van der Waals surface area contributed by atoms with Crippen molar-refractivity contribution in [3.63, 3.8) is 0 Å². The summed E-state index contributed by atoms with van der Waals surface area (Å²) >= 11 is 1.33. The molecule has 0 amide bonds. The predicted molar refractivity (Wildman–Crippen MR) is 120 cm³/mol. The summed E-state index contributed by atoms with van der Waals surface area (Å²) in [5.41, 5.74) is 1.77. The molecule has 0 saturated heterocycles. The molecule has 0 aliphatic rings. The molecule has 0 radical (unpaired) electrons. The lowest BCUT2D eigenvalue weighted by atomic mass is 10.0. The number of thiophene rings is 1. The molecule has 2 nitrogen and oxygen atoms in total. The first kappa shape index (κ1) is 26.1. The largest absolute Gasteiger partial charge is 0.477 e. The molecule has 0 fully saturated rings. The highest BCUT2D eigenvalue weighted by molar-refractivity contribution is 7.21. The summed E-state index contributed by atoms with van der Waals surface area (Å²) in [6.07, 6.45) is 0. The summed E-state index contributed by atoms with van der Waals surface area (Å²) in [6, 6.07) is 17.5. The summed E-state index contributed by atoms with van der Waals surface area (Å²) < 4.78 is 1.01. The Morgan fingerprint density at radius 2 is 1.19 bits per heavy atom. The smallest absolute Gasteiger partial charge is 0.346 e. The van der Waals surface area contributed by atoms with Crippen LogP contribution in [0.3, 0.4) is 0 Å². The molecule has 0 aliphatic carbocycles. The maximum absolute atomic E-state index is 11.4. The molecule has 0 bridgehead atoms. The van der Waals surface area contributed by atoms with Gasteiger partial charge in [0.1, 0.15) is 4.88 Å². The average Bonchev–Trinajstić information content (AvgIpc) is 3.15. The van der Waals surface area contributed by atoms with E-state index in [0.29, 0.717) is 4.88 Å². The van der Waals surface area contributed by atoms with Crippen molar-refractivity contribution in [1.29, 1.82) is 0 Å². The maximum Gasteiger partial charge on any atom is 0.346 e. The number of rotatable bonds is 2. The van der Waals surface area contributed by atoms with Crippen LogP contribution in [0.2, 0.25) is 0 Å². The molecule has 0 spiro atoms. The Morgan fingerprint density at radius 1 is 0.731 bits per heavy atom. The molecule has 3 aromatic rings. The van der Waals surface area contributed by atoms with Gasteiger partial charge in [0.2, 0.25) is 0 Å². The first-order valence-corrected chi connectivity index (χ1v) is 10.4. The summed E-state index contributed by atoms with van der Waals surface area (Å²) in [4.78, 5) is 11.8. The second-order valence-corrected chi connectivity index (χ2v) is 5.03. The first-order chi connectivity index (χ1) is 12.8. The molecule has 1 heterocycles. The highest BCUT2D eigenvalue weighted by Crippen LogP contribution is 2.38. The van der Waals surface area contributed by atoms with Gasteiger partial charge in [-0.1, -0.05) is 104 Å². The van der Waals surface area contributed by atoms with Crippen molar-refractivity contribution in [2.75, 3.05) is 0 Å². The van der Waals surface area contributed by atoms with Gasteiger partial charge in [-0.2, -0.15) is 0 Å². The standard InChI is InChI=1S/C15H10O2S.4C2H6/c16-15(17)14-13(10-6-2-1-3-7-10)11-8-4-5-9-12(11)18-14;4*1-2/h1-9H,(H,16,17);4*1-2H3. The Bertz CT molecular complexity index is 715. The lowest BCUT2D eigenvalue weighted by Crippen LogP contribution is -1.94. The lowest BCUT2D eigenvalue weighted by molar-refractivity contribution is 0.0703. The van der Waals surface area contributed by atoms with Crippen molar-refractivity contribution < 1.29 is 9.90 Å². The van der Waals surface area contributed by atoms with E-state index in [4.69, 9.17) is 0 Å². The Balaban J connectivity index is 0. The van der Waals surface area contributed by atoms with Gasteiger partial charge in [-0.3, -0.25) is 0 Å². The third kappa shape index (κ3) is 7.01. The van der Waals surface area contributed by atoms with Crippen LogP contribution >= 0.6 is 11.3 Å². The molecule has 0 unspecified atom stereocenters. The molecule has 26 heavy (non-hydrogen) atoms. The van der Waals surface area contributed by atoms with Crippen molar-refractivity contribution in [1.82, 2.24) is 0 Å². The summed E-state index contributed by atoms with van der Waals surface area (Å²) in [7, 11) is 0. The van der Waals surface area contributed by atoms with Crippen LogP contribution in [0, 0.1) is 0 Å². The third-order valence-corrected chi connectivity index (χ3v) is 4.01. The molecule has 2 aromatic carbocycles. The fourth-order valence-corrected chi connectivity index (χ4v) is 3.15. The predicted octanol–water partition coefficient (Wildman–Crippen LogP) is 8.37. The van der Waals surface area contributed by atoms with Crippen molar-refractivity contribution in [3.05, 3.63) is 59.5 Å². The van der Waals surface area contributed by atoms with E-state index in [9.17, 15) is 9.90 Å². The van der Waals surface area contributed by atoms with E-state index in [2.05, 4.69) is 0 Å². The molecule has 0 atom stereocenters. The van der Waals surface area contributed by atoms with Gasteiger partial charge in [-0.15, -0.1) is 11.3 Å². The molecule has 1 aromatic heterocycles. The van der Waals surface area contributed by atoms with Crippen molar-refractivity contribution in [2.45, 2.75) is 55.4 Å². The van der Waals surface area contributed by atoms with E-state index >= 15 is 0 Å². The van der Waals surface area contributed by atoms with Gasteiger partial charge in [0, 0.05) is 15.6 Å². The van der Waals surface area contributed by atoms with E-state index < -0.39 is 5.97 Å². The second kappa shape index (κ2) is 16.3. The van der Waals surface area contributed by atoms with E-state index in [1.54, 1.807) is 0 Å². The van der Waals surface area contributed by atoms with Crippen molar-refractivity contribution in [2.24, 2.45) is 0 Å². The molecule has 3 heteroatoms. The Hall–Kier alpha value is -2.13.